The van der Waals surface area contributed by atoms with Crippen molar-refractivity contribution in [3.8, 4) is 34.1 Å². The van der Waals surface area contributed by atoms with Gasteiger partial charge in [-0.15, -0.1) is 0 Å². The molecular formula is C56H60Cl2N6O10. The molecule has 0 amide bonds. The molecule has 4 N–H and O–H groups in total. The van der Waals surface area contributed by atoms with Crippen LogP contribution in [0.3, 0.4) is 0 Å². The van der Waals surface area contributed by atoms with Crippen LogP contribution in [0.4, 0.5) is 0 Å². The number of aliphatic imine (C=N–C) groups is 2. The van der Waals surface area contributed by atoms with Crippen LogP contribution >= 0.6 is 23.2 Å². The summed E-state index contributed by atoms with van der Waals surface area (Å²) < 4.78 is 35.4. The number of aliphatic hydroxyl groups is 2. The van der Waals surface area contributed by atoms with Crippen molar-refractivity contribution in [1.82, 2.24) is 20.6 Å². The molecule has 16 nitrogen and oxygen atoms in total. The molecule has 1 aliphatic rings. The zero-order chi connectivity index (χ0) is 52.9. The lowest BCUT2D eigenvalue weighted by atomic mass is 9.92. The predicted molar refractivity (Wildman–Crippen MR) is 284 cm³/mol. The maximum Gasteiger partial charge on any atom is 0.325 e. The van der Waals surface area contributed by atoms with Gasteiger partial charge in [-0.25, -0.2) is 0 Å². The van der Waals surface area contributed by atoms with Crippen LogP contribution in [0.15, 0.2) is 108 Å². The molecule has 1 aliphatic heterocycles. The number of aromatic nitrogens is 2. The van der Waals surface area contributed by atoms with Gasteiger partial charge in [-0.3, -0.25) is 40.2 Å². The summed E-state index contributed by atoms with van der Waals surface area (Å²) in [5, 5.41) is 27.4. The van der Waals surface area contributed by atoms with Gasteiger partial charge in [-0.2, -0.15) is 0 Å². The largest absolute Gasteiger partial charge is 0.488 e. The van der Waals surface area contributed by atoms with Crippen LogP contribution in [0.5, 0.6) is 23.0 Å². The number of pyridine rings is 2. The molecular weight excluding hydrogens is 988 g/mol. The van der Waals surface area contributed by atoms with Crippen molar-refractivity contribution in [1.29, 1.82) is 0 Å². The van der Waals surface area contributed by atoms with Crippen LogP contribution in [-0.2, 0) is 58.6 Å². The first kappa shape index (κ1) is 54.8. The summed E-state index contributed by atoms with van der Waals surface area (Å²) in [5.41, 5.74) is 11.5. The van der Waals surface area contributed by atoms with Crippen molar-refractivity contribution in [2.45, 2.75) is 91.5 Å². The van der Waals surface area contributed by atoms with Crippen molar-refractivity contribution in [2.24, 2.45) is 9.98 Å². The lowest BCUT2D eigenvalue weighted by molar-refractivity contribution is -0.146. The van der Waals surface area contributed by atoms with Crippen molar-refractivity contribution in [3.63, 3.8) is 0 Å². The summed E-state index contributed by atoms with van der Waals surface area (Å²) in [4.78, 5) is 42.0. The summed E-state index contributed by atoms with van der Waals surface area (Å²) in [6, 6.07) is 20.9. The van der Waals surface area contributed by atoms with Gasteiger partial charge in [0.15, 0.2) is 0 Å². The van der Waals surface area contributed by atoms with Crippen molar-refractivity contribution in [3.05, 3.63) is 163 Å². The zero-order valence-electron chi connectivity index (χ0n) is 42.3. The Hall–Kier alpha value is -6.92. The van der Waals surface area contributed by atoms with E-state index in [1.165, 1.54) is 28.1 Å². The highest BCUT2D eigenvalue weighted by Crippen LogP contribution is 2.38. The average molecular weight is 1050 g/mol. The molecule has 0 saturated carbocycles. The second kappa shape index (κ2) is 25.8. The number of methoxy groups -OCH3 is 2. The maximum atomic E-state index is 12.5. The monoisotopic (exact) mass is 1050 g/mol. The molecule has 0 fully saturated rings. The second-order valence-electron chi connectivity index (χ2n) is 17.7. The SMILES string of the molecule is CN=Cc1cncc(COc2cc(OCc3cccc(-c4cccc(COc5cc(OCc6cncc(C7=NC7)c6)c(CN[C@@H](C(=O)OC)[C@@H](C)O)cc5Cl)c4C)c3C)c(Cl)cc2CN[C@@H](C(=O)OC)[C@@H](C)O)c1. The van der Waals surface area contributed by atoms with Crippen molar-refractivity contribution < 1.29 is 48.2 Å². The molecule has 4 aromatic carbocycles. The van der Waals surface area contributed by atoms with E-state index in [1.807, 2.05) is 50.2 Å². The molecule has 0 radical (unpaired) electrons. The molecule has 18 heteroatoms. The number of hydrogen-bond donors (Lipinski definition) is 4. The fraction of sp³-hybridized carbons (Fsp3) is 0.321. The first-order valence-electron chi connectivity index (χ1n) is 23.8. The van der Waals surface area contributed by atoms with E-state index in [0.29, 0.717) is 50.7 Å². The van der Waals surface area contributed by atoms with Gasteiger partial charge >= 0.3 is 11.9 Å². The molecule has 0 saturated heterocycles. The highest BCUT2D eigenvalue weighted by Gasteiger charge is 2.27. The van der Waals surface area contributed by atoms with Gasteiger partial charge in [0.2, 0.25) is 0 Å². The minimum atomic E-state index is -1.03. The van der Waals surface area contributed by atoms with Gasteiger partial charge in [0.25, 0.3) is 0 Å². The van der Waals surface area contributed by atoms with Crippen LogP contribution in [0.25, 0.3) is 11.1 Å². The molecule has 0 bridgehead atoms. The predicted octanol–water partition coefficient (Wildman–Crippen LogP) is 8.26. The molecule has 3 heterocycles. The summed E-state index contributed by atoms with van der Waals surface area (Å²) >= 11 is 13.8. The molecule has 2 aromatic heterocycles. The Balaban J connectivity index is 1.09. The van der Waals surface area contributed by atoms with Gasteiger partial charge in [-0.05, 0) is 85.3 Å². The number of aliphatic hydroxyl groups excluding tert-OH is 2. The Kier molecular flexibility index (Phi) is 19.1. The number of nitrogens with zero attached hydrogens (tertiary/aromatic N) is 4. The van der Waals surface area contributed by atoms with Crippen LogP contribution in [0.1, 0.15) is 69.5 Å². The minimum Gasteiger partial charge on any atom is -0.488 e. The van der Waals surface area contributed by atoms with Crippen molar-refractivity contribution in [2.75, 3.05) is 27.8 Å². The maximum absolute atomic E-state index is 12.5. The van der Waals surface area contributed by atoms with E-state index >= 15 is 0 Å². The van der Waals surface area contributed by atoms with Crippen LogP contribution in [0.2, 0.25) is 10.0 Å². The van der Waals surface area contributed by atoms with Crippen LogP contribution < -0.4 is 29.6 Å². The number of esters is 2. The smallest absolute Gasteiger partial charge is 0.325 e. The van der Waals surface area contributed by atoms with Gasteiger partial charge in [0.05, 0.1) is 48.7 Å². The lowest BCUT2D eigenvalue weighted by Gasteiger charge is -2.21. The van der Waals surface area contributed by atoms with E-state index in [-0.39, 0.29) is 39.5 Å². The minimum absolute atomic E-state index is 0.119. The van der Waals surface area contributed by atoms with E-state index in [4.69, 9.17) is 51.6 Å². The first-order valence-corrected chi connectivity index (χ1v) is 24.6. The number of hydrogen-bond acceptors (Lipinski definition) is 16. The molecule has 0 aliphatic carbocycles. The number of ether oxygens (including phenoxy) is 6. The Morgan fingerprint density at radius 2 is 1.11 bits per heavy atom. The number of carbonyl (C=O) groups is 2. The molecule has 7 rings (SSSR count). The van der Waals surface area contributed by atoms with E-state index in [1.54, 1.807) is 62.3 Å². The Morgan fingerprint density at radius 1 is 0.649 bits per heavy atom. The average Bonchev–Trinajstić information content (AvgIpc) is 4.25. The van der Waals surface area contributed by atoms with Gasteiger partial charge in [0, 0.05) is 96.7 Å². The summed E-state index contributed by atoms with van der Waals surface area (Å²) in [5.74, 6) is 0.465. The molecule has 388 valence electrons. The molecule has 6 aromatic rings. The van der Waals surface area contributed by atoms with Crippen molar-refractivity contribution >= 4 is 47.1 Å². The number of halogens is 2. The van der Waals surface area contributed by atoms with Crippen LogP contribution in [-0.4, -0.2) is 96.1 Å². The van der Waals surface area contributed by atoms with Crippen LogP contribution in [0, 0.1) is 13.8 Å². The third-order valence-corrected chi connectivity index (χ3v) is 13.0. The topological polar surface area (TPSA) is 205 Å². The standard InChI is InChI=1S/C56H60Cl2N6O10/c1-32-39(30-73-51-18-49(71-28-37-14-36(20-59-5)21-60-22-37)42(16-46(51)57)25-63-53(34(3)65)55(67)69-6)10-8-12-44(32)45-13-9-11-40(33(45)2)31-74-52-19-50(72-29-38-15-41(24-61-23-38)48-27-62-48)43(17-47(52)58)26-64-54(35(4)66)56(68)70-7/h8-24,34-35,53-54,63-66H,25-31H2,1-7H3/t34-,35-,53-,54-/m1/s1. The highest BCUT2D eigenvalue weighted by molar-refractivity contribution is 6.32. The van der Waals surface area contributed by atoms with Gasteiger partial charge < -0.3 is 38.6 Å². The lowest BCUT2D eigenvalue weighted by Crippen LogP contribution is -2.45. The highest BCUT2D eigenvalue weighted by atomic mass is 35.5. The quantitative estimate of drug-likeness (QED) is 0.0315. The fourth-order valence-corrected chi connectivity index (χ4v) is 8.64. The third-order valence-electron chi connectivity index (χ3n) is 12.4. The number of benzene rings is 4. The van der Waals surface area contributed by atoms with E-state index in [2.05, 4.69) is 42.7 Å². The molecule has 0 unspecified atom stereocenters. The summed E-state index contributed by atoms with van der Waals surface area (Å²) in [7, 11) is 4.22. The summed E-state index contributed by atoms with van der Waals surface area (Å²) in [6.07, 6.45) is 6.57. The number of carbonyl (C=O) groups excluding carboxylic acids is 2. The van der Waals surface area contributed by atoms with Gasteiger partial charge in [-0.1, -0.05) is 59.6 Å². The Bertz CT molecular complexity index is 3020. The van der Waals surface area contributed by atoms with E-state index < -0.39 is 36.2 Å². The normalized spacial score (nSPS) is 13.6. The Labute approximate surface area is 440 Å². The number of rotatable bonds is 25. The second-order valence-corrected chi connectivity index (χ2v) is 18.5. The zero-order valence-corrected chi connectivity index (χ0v) is 43.8. The summed E-state index contributed by atoms with van der Waals surface area (Å²) in [6.45, 7) is 8.76. The Morgan fingerprint density at radius 3 is 1.55 bits per heavy atom. The first-order chi connectivity index (χ1) is 35.7. The van der Waals surface area contributed by atoms with E-state index in [9.17, 15) is 19.8 Å². The van der Waals surface area contributed by atoms with E-state index in [0.717, 1.165) is 61.3 Å². The number of nitrogens with one attached hydrogen (secondary N) is 2. The fourth-order valence-electron chi connectivity index (χ4n) is 8.16. The molecule has 74 heavy (non-hydrogen) atoms. The molecule has 0 spiro atoms. The molecule has 4 atom stereocenters. The van der Waals surface area contributed by atoms with Gasteiger partial charge in [0.1, 0.15) is 61.5 Å². The third kappa shape index (κ3) is 14.2.